The molecule has 0 fully saturated rings. The van der Waals surface area contributed by atoms with E-state index in [1.165, 1.54) is 155 Å². The number of hydrogen-bond acceptors (Lipinski definition) is 6. The minimum absolute atomic E-state index is 0.683. The summed E-state index contributed by atoms with van der Waals surface area (Å²) in [7, 11) is 0. The second kappa shape index (κ2) is 26.9. The maximum atomic E-state index is 6.27. The molecule has 2 aromatic heterocycles. The Morgan fingerprint density at radius 3 is 0.986 bits per heavy atom. The van der Waals surface area contributed by atoms with Gasteiger partial charge in [-0.1, -0.05) is 167 Å². The van der Waals surface area contributed by atoms with Crippen molar-refractivity contribution < 1.29 is 9.47 Å². The van der Waals surface area contributed by atoms with E-state index in [0.717, 1.165) is 87.4 Å². The minimum atomic E-state index is -0.689. The number of hydrogen-bond donors (Lipinski definition) is 0. The highest BCUT2D eigenvalue weighted by atomic mass is 16.5. The molecule has 0 radical (unpaired) electrons. The van der Waals surface area contributed by atoms with Crippen molar-refractivity contribution in [2.24, 2.45) is 0 Å². The van der Waals surface area contributed by atoms with Gasteiger partial charge in [0.25, 0.3) is 0 Å². The molecule has 0 spiro atoms. The molecular formula is C65H86N4O2. The minimum Gasteiger partial charge on any atom is -0.494 e. The number of rotatable bonds is 30. The zero-order valence-corrected chi connectivity index (χ0v) is 45.2. The van der Waals surface area contributed by atoms with Crippen LogP contribution in [0.3, 0.4) is 0 Å². The lowest BCUT2D eigenvalue weighted by Crippen LogP contribution is -2.28. The zero-order valence-electron chi connectivity index (χ0n) is 45.2. The van der Waals surface area contributed by atoms with Crippen LogP contribution < -0.4 is 9.47 Å². The van der Waals surface area contributed by atoms with Gasteiger partial charge in [-0.05, 0) is 159 Å². The van der Waals surface area contributed by atoms with Gasteiger partial charge in [-0.3, -0.25) is 0 Å². The van der Waals surface area contributed by atoms with Gasteiger partial charge in [0.15, 0.2) is 0 Å². The van der Waals surface area contributed by atoms with Crippen molar-refractivity contribution in [3.05, 3.63) is 142 Å². The van der Waals surface area contributed by atoms with Crippen LogP contribution in [-0.2, 0) is 31.1 Å². The molecule has 0 aliphatic heterocycles. The molecule has 0 unspecified atom stereocenters. The van der Waals surface area contributed by atoms with Gasteiger partial charge in [-0.25, -0.2) is 19.9 Å². The molecule has 4 aromatic carbocycles. The second-order valence-corrected chi connectivity index (χ2v) is 20.3. The molecule has 0 saturated carbocycles. The molecular weight excluding hydrogens is 869 g/mol. The van der Waals surface area contributed by atoms with E-state index in [2.05, 4.69) is 140 Å². The third-order valence-electron chi connectivity index (χ3n) is 14.6. The van der Waals surface area contributed by atoms with Gasteiger partial charge in [0.1, 0.15) is 23.1 Å². The molecule has 71 heavy (non-hydrogen) atoms. The van der Waals surface area contributed by atoms with Crippen molar-refractivity contribution in [1.29, 1.82) is 0 Å². The van der Waals surface area contributed by atoms with Crippen LogP contribution in [-0.4, -0.2) is 33.1 Å². The monoisotopic (exact) mass is 955 g/mol. The topological polar surface area (TPSA) is 70.0 Å². The van der Waals surface area contributed by atoms with Crippen LogP contribution in [0, 0.1) is 13.8 Å². The summed E-state index contributed by atoms with van der Waals surface area (Å²) in [6, 6.07) is 32.7. The quantitative estimate of drug-likeness (QED) is 0.0418. The number of fused-ring (bicyclic) bond motifs is 3. The summed E-state index contributed by atoms with van der Waals surface area (Å²) in [6.07, 6.45) is 24.8. The average molecular weight is 955 g/mol. The number of aryl methyl sites for hydroxylation is 6. The van der Waals surface area contributed by atoms with Crippen LogP contribution in [0.2, 0.25) is 0 Å². The smallest absolute Gasteiger partial charge is 0.125 e. The maximum Gasteiger partial charge on any atom is 0.125 e. The van der Waals surface area contributed by atoms with Gasteiger partial charge in [-0.15, -0.1) is 0 Å². The van der Waals surface area contributed by atoms with Crippen LogP contribution in [0.5, 0.6) is 11.5 Å². The fourth-order valence-corrected chi connectivity index (χ4v) is 11.1. The van der Waals surface area contributed by atoms with Crippen molar-refractivity contribution in [1.82, 2.24) is 19.9 Å². The summed E-state index contributed by atoms with van der Waals surface area (Å²) >= 11 is 0. The molecule has 6 nitrogen and oxygen atoms in total. The van der Waals surface area contributed by atoms with Crippen LogP contribution in [0.25, 0.3) is 33.4 Å². The van der Waals surface area contributed by atoms with Crippen LogP contribution >= 0.6 is 0 Å². The molecule has 0 bridgehead atoms. The number of unbranched alkanes of at least 4 members (excludes halogenated alkanes) is 12. The van der Waals surface area contributed by atoms with Crippen LogP contribution in [0.1, 0.15) is 214 Å². The van der Waals surface area contributed by atoms with E-state index in [0.29, 0.717) is 13.2 Å². The normalized spacial score (nSPS) is 12.6. The number of benzene rings is 4. The Kier molecular flexibility index (Phi) is 20.3. The molecule has 2 heterocycles. The fourth-order valence-electron chi connectivity index (χ4n) is 11.1. The Morgan fingerprint density at radius 1 is 0.366 bits per heavy atom. The SMILES string of the molecule is CCCCCCc1nc(C)nc(CCCCCC)c1-c1ccc2c(c1)C(c1ccc(OCCC)cc1)(c1ccc(OCCC)cc1)c1cc(-c3c(CCCCCC)nc(C)nc3CCCCCC)ccc1-2. The van der Waals surface area contributed by atoms with E-state index >= 15 is 0 Å². The van der Waals surface area contributed by atoms with Gasteiger partial charge in [0.05, 0.1) is 41.4 Å². The third kappa shape index (κ3) is 12.8. The molecule has 1 aliphatic rings. The third-order valence-corrected chi connectivity index (χ3v) is 14.6. The van der Waals surface area contributed by atoms with Gasteiger partial charge < -0.3 is 9.47 Å². The van der Waals surface area contributed by atoms with Crippen molar-refractivity contribution in [3.8, 4) is 44.9 Å². The van der Waals surface area contributed by atoms with E-state index in [-0.39, 0.29) is 0 Å². The lowest BCUT2D eigenvalue weighted by molar-refractivity contribution is 0.317. The van der Waals surface area contributed by atoms with Crippen molar-refractivity contribution in [2.45, 2.75) is 202 Å². The summed E-state index contributed by atoms with van der Waals surface area (Å²) in [5, 5.41) is 0. The molecule has 0 amide bonds. The van der Waals surface area contributed by atoms with E-state index in [4.69, 9.17) is 29.4 Å². The summed E-state index contributed by atoms with van der Waals surface area (Å²) in [6.45, 7) is 19.0. The van der Waals surface area contributed by atoms with Gasteiger partial charge in [0, 0.05) is 11.1 Å². The largest absolute Gasteiger partial charge is 0.494 e. The van der Waals surface area contributed by atoms with E-state index in [9.17, 15) is 0 Å². The molecule has 1 aliphatic carbocycles. The fraction of sp³-hybridized carbons (Fsp3) is 0.508. The number of aromatic nitrogens is 4. The molecule has 0 N–H and O–H groups in total. The van der Waals surface area contributed by atoms with Crippen molar-refractivity contribution >= 4 is 0 Å². The van der Waals surface area contributed by atoms with E-state index in [1.54, 1.807) is 0 Å². The predicted octanol–water partition coefficient (Wildman–Crippen LogP) is 17.6. The molecule has 378 valence electrons. The highest BCUT2D eigenvalue weighted by Crippen LogP contribution is 2.58. The Balaban J connectivity index is 1.52. The van der Waals surface area contributed by atoms with Gasteiger partial charge in [0.2, 0.25) is 0 Å². The van der Waals surface area contributed by atoms with E-state index < -0.39 is 5.41 Å². The van der Waals surface area contributed by atoms with Crippen molar-refractivity contribution in [2.75, 3.05) is 13.2 Å². The maximum absolute atomic E-state index is 6.27. The second-order valence-electron chi connectivity index (χ2n) is 20.3. The van der Waals surface area contributed by atoms with Crippen LogP contribution in [0.15, 0.2) is 84.9 Å². The summed E-state index contributed by atoms with van der Waals surface area (Å²) in [4.78, 5) is 21.1. The van der Waals surface area contributed by atoms with Crippen LogP contribution in [0.4, 0.5) is 0 Å². The standard InChI is InChI=1S/C65H86N4O2/c1-9-15-19-23-27-59-63(60(67-47(7)66-59)28-24-20-16-10-2)49-31-41-55-56-42-32-50(64-61(29-25-21-17-11-3)68-48(8)69-62(64)30-26-22-18-12-4)46-58(56)65(57(55)45-49,51-33-37-53(38-34-51)70-43-13-5)52-35-39-54(40-36-52)71-44-14-6/h31-42,45-46H,9-30,43-44H2,1-8H3. The number of nitrogens with zero attached hydrogens (tertiary/aromatic N) is 4. The lowest BCUT2D eigenvalue weighted by Gasteiger charge is -2.35. The van der Waals surface area contributed by atoms with Gasteiger partial charge in [-0.2, -0.15) is 0 Å². The Morgan fingerprint density at radius 2 is 0.690 bits per heavy atom. The average Bonchev–Trinajstić information content (AvgIpc) is 3.67. The predicted molar refractivity (Wildman–Crippen MR) is 298 cm³/mol. The van der Waals surface area contributed by atoms with E-state index in [1.807, 2.05) is 0 Å². The summed E-state index contributed by atoms with van der Waals surface area (Å²) in [5.74, 6) is 3.55. The molecule has 0 atom stereocenters. The molecule has 6 heteroatoms. The lowest BCUT2D eigenvalue weighted by atomic mass is 9.67. The molecule has 7 rings (SSSR count). The molecule has 6 aromatic rings. The number of ether oxygens (including phenoxy) is 2. The first-order chi connectivity index (χ1) is 34.8. The highest BCUT2D eigenvalue weighted by molar-refractivity contribution is 5.91. The Bertz CT molecular complexity index is 2350. The first-order valence-electron chi connectivity index (χ1n) is 28.3. The first kappa shape index (κ1) is 53.4. The summed E-state index contributed by atoms with van der Waals surface area (Å²) < 4.78 is 12.5. The molecule has 0 saturated heterocycles. The Labute approximate surface area is 429 Å². The first-order valence-corrected chi connectivity index (χ1v) is 28.3. The Hall–Kier alpha value is -5.36. The summed E-state index contributed by atoms with van der Waals surface area (Å²) in [5.41, 5.74) is 16.4. The van der Waals surface area contributed by atoms with Gasteiger partial charge >= 0.3 is 0 Å². The van der Waals surface area contributed by atoms with Crippen molar-refractivity contribution in [3.63, 3.8) is 0 Å². The zero-order chi connectivity index (χ0) is 50.0. The highest BCUT2D eigenvalue weighted by Gasteiger charge is 2.47.